The second-order valence-electron chi connectivity index (χ2n) is 5.79. The SMILES string of the molecule is NCCC1(CN2CCCC(CCO)C2)CC1. The summed E-state index contributed by atoms with van der Waals surface area (Å²) >= 11 is 0. The summed E-state index contributed by atoms with van der Waals surface area (Å²) in [5, 5.41) is 9.00. The lowest BCUT2D eigenvalue weighted by atomic mass is 9.93. The fourth-order valence-corrected chi connectivity index (χ4v) is 3.16. The molecule has 3 heteroatoms. The van der Waals surface area contributed by atoms with Crippen molar-refractivity contribution in [2.45, 2.75) is 38.5 Å². The quantitative estimate of drug-likeness (QED) is 0.716. The molecule has 1 saturated heterocycles. The van der Waals surface area contributed by atoms with Gasteiger partial charge in [-0.2, -0.15) is 0 Å². The van der Waals surface area contributed by atoms with Gasteiger partial charge in [-0.3, -0.25) is 0 Å². The van der Waals surface area contributed by atoms with E-state index in [2.05, 4.69) is 4.90 Å². The maximum absolute atomic E-state index is 9.00. The smallest absolute Gasteiger partial charge is 0.0434 e. The molecular formula is C13H26N2O. The first-order valence-electron chi connectivity index (χ1n) is 6.81. The first-order chi connectivity index (χ1) is 7.78. The van der Waals surface area contributed by atoms with Crippen LogP contribution in [-0.2, 0) is 0 Å². The van der Waals surface area contributed by atoms with Gasteiger partial charge in [-0.1, -0.05) is 0 Å². The Labute approximate surface area is 99.0 Å². The van der Waals surface area contributed by atoms with E-state index in [0.29, 0.717) is 12.0 Å². The number of rotatable bonds is 6. The Hall–Kier alpha value is -0.120. The van der Waals surface area contributed by atoms with Crippen LogP contribution in [0.5, 0.6) is 0 Å². The van der Waals surface area contributed by atoms with Crippen molar-refractivity contribution in [1.29, 1.82) is 0 Å². The van der Waals surface area contributed by atoms with Crippen LogP contribution in [0.3, 0.4) is 0 Å². The normalized spacial score (nSPS) is 29.2. The highest BCUT2D eigenvalue weighted by Gasteiger charge is 2.43. The molecule has 0 amide bonds. The molecule has 3 N–H and O–H groups in total. The molecule has 0 spiro atoms. The second-order valence-corrected chi connectivity index (χ2v) is 5.79. The summed E-state index contributed by atoms with van der Waals surface area (Å²) in [7, 11) is 0. The van der Waals surface area contributed by atoms with E-state index in [1.54, 1.807) is 0 Å². The largest absolute Gasteiger partial charge is 0.396 e. The molecule has 2 aliphatic rings. The van der Waals surface area contributed by atoms with Crippen LogP contribution in [0, 0.1) is 11.3 Å². The molecule has 0 aromatic carbocycles. The molecule has 2 fully saturated rings. The van der Waals surface area contributed by atoms with Crippen LogP contribution >= 0.6 is 0 Å². The predicted molar refractivity (Wildman–Crippen MR) is 66.2 cm³/mol. The third-order valence-corrected chi connectivity index (χ3v) is 4.33. The average molecular weight is 226 g/mol. The zero-order valence-corrected chi connectivity index (χ0v) is 10.3. The number of nitrogens with two attached hydrogens (primary N) is 1. The van der Waals surface area contributed by atoms with Gasteiger partial charge >= 0.3 is 0 Å². The molecule has 0 radical (unpaired) electrons. The number of aliphatic hydroxyl groups is 1. The minimum absolute atomic E-state index is 0.354. The van der Waals surface area contributed by atoms with Crippen LogP contribution in [-0.4, -0.2) is 42.8 Å². The molecule has 1 atom stereocenters. The van der Waals surface area contributed by atoms with Crippen molar-refractivity contribution in [3.05, 3.63) is 0 Å². The summed E-state index contributed by atoms with van der Waals surface area (Å²) in [6.45, 7) is 4.91. The first kappa shape index (κ1) is 12.3. The summed E-state index contributed by atoms with van der Waals surface area (Å²) in [4.78, 5) is 2.62. The van der Waals surface area contributed by atoms with Crippen LogP contribution in [0.1, 0.15) is 38.5 Å². The lowest BCUT2D eigenvalue weighted by Gasteiger charge is -2.35. The Bertz CT molecular complexity index is 214. The maximum Gasteiger partial charge on any atom is 0.0434 e. The molecule has 94 valence electrons. The highest BCUT2D eigenvalue weighted by atomic mass is 16.3. The minimum Gasteiger partial charge on any atom is -0.396 e. The molecule has 0 bridgehead atoms. The molecule has 1 heterocycles. The lowest BCUT2D eigenvalue weighted by Crippen LogP contribution is -2.39. The Morgan fingerprint density at radius 2 is 2.19 bits per heavy atom. The van der Waals surface area contributed by atoms with Gasteiger partial charge in [0.1, 0.15) is 0 Å². The van der Waals surface area contributed by atoms with E-state index in [1.807, 2.05) is 0 Å². The molecule has 1 aliphatic carbocycles. The summed E-state index contributed by atoms with van der Waals surface area (Å²) in [6, 6.07) is 0. The lowest BCUT2D eigenvalue weighted by molar-refractivity contribution is 0.124. The number of piperidine rings is 1. The Balaban J connectivity index is 1.76. The van der Waals surface area contributed by atoms with Crippen molar-refractivity contribution in [2.75, 3.05) is 32.8 Å². The van der Waals surface area contributed by atoms with Crippen molar-refractivity contribution in [2.24, 2.45) is 17.1 Å². The van der Waals surface area contributed by atoms with Crippen molar-refractivity contribution in [3.8, 4) is 0 Å². The van der Waals surface area contributed by atoms with Gasteiger partial charge in [-0.05, 0) is 62.9 Å². The van der Waals surface area contributed by atoms with Crippen molar-refractivity contribution in [3.63, 3.8) is 0 Å². The van der Waals surface area contributed by atoms with E-state index >= 15 is 0 Å². The van der Waals surface area contributed by atoms with E-state index in [9.17, 15) is 0 Å². The zero-order valence-electron chi connectivity index (χ0n) is 10.3. The number of hydrogen-bond donors (Lipinski definition) is 2. The van der Waals surface area contributed by atoms with Crippen molar-refractivity contribution >= 4 is 0 Å². The van der Waals surface area contributed by atoms with Gasteiger partial charge in [0.05, 0.1) is 0 Å². The number of aliphatic hydroxyl groups excluding tert-OH is 1. The average Bonchev–Trinajstić information content (AvgIpc) is 2.99. The zero-order chi connectivity index (χ0) is 11.4. The molecule has 16 heavy (non-hydrogen) atoms. The Morgan fingerprint density at radius 1 is 1.38 bits per heavy atom. The second kappa shape index (κ2) is 5.48. The van der Waals surface area contributed by atoms with E-state index in [1.165, 1.54) is 51.7 Å². The van der Waals surface area contributed by atoms with E-state index in [4.69, 9.17) is 10.8 Å². The molecule has 1 saturated carbocycles. The molecule has 0 aromatic heterocycles. The van der Waals surface area contributed by atoms with Crippen LogP contribution in [0.4, 0.5) is 0 Å². The van der Waals surface area contributed by atoms with E-state index in [0.717, 1.165) is 18.9 Å². The topological polar surface area (TPSA) is 49.5 Å². The summed E-state index contributed by atoms with van der Waals surface area (Å²) < 4.78 is 0. The summed E-state index contributed by atoms with van der Waals surface area (Å²) in [5.41, 5.74) is 6.26. The van der Waals surface area contributed by atoms with Crippen LogP contribution in [0.2, 0.25) is 0 Å². The fraction of sp³-hybridized carbons (Fsp3) is 1.00. The number of nitrogens with zero attached hydrogens (tertiary/aromatic N) is 1. The van der Waals surface area contributed by atoms with Gasteiger partial charge in [0.15, 0.2) is 0 Å². The van der Waals surface area contributed by atoms with Crippen molar-refractivity contribution < 1.29 is 5.11 Å². The monoisotopic (exact) mass is 226 g/mol. The van der Waals surface area contributed by atoms with Gasteiger partial charge in [-0.25, -0.2) is 0 Å². The van der Waals surface area contributed by atoms with Crippen LogP contribution in [0.15, 0.2) is 0 Å². The fourth-order valence-electron chi connectivity index (χ4n) is 3.16. The Kier molecular flexibility index (Phi) is 4.22. The predicted octanol–water partition coefficient (Wildman–Crippen LogP) is 1.21. The standard InChI is InChI=1S/C13H26N2O/c14-7-6-13(4-5-13)11-15-8-1-2-12(10-15)3-9-16/h12,16H,1-11,14H2. The summed E-state index contributed by atoms with van der Waals surface area (Å²) in [5.74, 6) is 0.729. The number of likely N-dealkylation sites (tertiary alicyclic amines) is 1. The molecule has 3 nitrogen and oxygen atoms in total. The molecular weight excluding hydrogens is 200 g/mol. The van der Waals surface area contributed by atoms with Crippen LogP contribution in [0.25, 0.3) is 0 Å². The van der Waals surface area contributed by atoms with Crippen LogP contribution < -0.4 is 5.73 Å². The number of hydrogen-bond acceptors (Lipinski definition) is 3. The van der Waals surface area contributed by atoms with Gasteiger partial charge in [-0.15, -0.1) is 0 Å². The highest BCUT2D eigenvalue weighted by molar-refractivity contribution is 4.96. The highest BCUT2D eigenvalue weighted by Crippen LogP contribution is 2.49. The third-order valence-electron chi connectivity index (χ3n) is 4.33. The van der Waals surface area contributed by atoms with Crippen molar-refractivity contribution in [1.82, 2.24) is 4.90 Å². The maximum atomic E-state index is 9.00. The Morgan fingerprint density at radius 3 is 2.81 bits per heavy atom. The van der Waals surface area contributed by atoms with E-state index < -0.39 is 0 Å². The van der Waals surface area contributed by atoms with Gasteiger partial charge < -0.3 is 15.7 Å². The van der Waals surface area contributed by atoms with Gasteiger partial charge in [0.2, 0.25) is 0 Å². The molecule has 0 aromatic rings. The van der Waals surface area contributed by atoms with Gasteiger partial charge in [0.25, 0.3) is 0 Å². The molecule has 1 unspecified atom stereocenters. The minimum atomic E-state index is 0.354. The van der Waals surface area contributed by atoms with Gasteiger partial charge in [0, 0.05) is 19.7 Å². The molecule has 2 rings (SSSR count). The molecule has 1 aliphatic heterocycles. The van der Waals surface area contributed by atoms with E-state index in [-0.39, 0.29) is 0 Å². The summed E-state index contributed by atoms with van der Waals surface area (Å²) in [6.07, 6.45) is 7.57. The third kappa shape index (κ3) is 3.19. The first-order valence-corrected chi connectivity index (χ1v) is 6.81.